The molecule has 130 valence electrons. The second kappa shape index (κ2) is 7.26. The van der Waals surface area contributed by atoms with E-state index in [1.54, 1.807) is 14.2 Å². The molecule has 1 N–H and O–H groups in total. The highest BCUT2D eigenvalue weighted by atomic mass is 16.5. The number of hydrogen-bond donors (Lipinski definition) is 1. The van der Waals surface area contributed by atoms with Gasteiger partial charge in [-0.2, -0.15) is 5.10 Å². The van der Waals surface area contributed by atoms with Gasteiger partial charge in [0.2, 0.25) is 0 Å². The molecule has 0 saturated carbocycles. The fraction of sp³-hybridized carbons (Fsp3) is 0.526. The maximum atomic E-state index is 5.52. The molecule has 0 aliphatic heterocycles. The van der Waals surface area contributed by atoms with E-state index < -0.39 is 0 Å². The van der Waals surface area contributed by atoms with Gasteiger partial charge in [-0.3, -0.25) is 4.68 Å². The summed E-state index contributed by atoms with van der Waals surface area (Å²) < 4.78 is 12.8. The Morgan fingerprint density at radius 1 is 1.21 bits per heavy atom. The zero-order valence-electron chi connectivity index (χ0n) is 15.1. The largest absolute Gasteiger partial charge is 0.497 e. The standard InChI is InChI=1S/C19H27N3O2/c1-13(15-10-9-14(23-3)11-19(15)24-4)20-12-18-16-7-5-6-8-17(16)21-22(18)2/h9-11,13,20H,5-8,12H2,1-4H3. The molecule has 1 unspecified atom stereocenters. The van der Waals surface area contributed by atoms with Gasteiger partial charge in [0.15, 0.2) is 0 Å². The van der Waals surface area contributed by atoms with E-state index in [1.807, 2.05) is 23.9 Å². The van der Waals surface area contributed by atoms with Crippen LogP contribution in [0.5, 0.6) is 11.5 Å². The van der Waals surface area contributed by atoms with Crippen LogP contribution in [0.2, 0.25) is 0 Å². The van der Waals surface area contributed by atoms with E-state index in [4.69, 9.17) is 14.6 Å². The molecule has 0 fully saturated rings. The van der Waals surface area contributed by atoms with Crippen LogP contribution in [-0.4, -0.2) is 24.0 Å². The highest BCUT2D eigenvalue weighted by Gasteiger charge is 2.20. The molecule has 0 spiro atoms. The van der Waals surface area contributed by atoms with Crippen molar-refractivity contribution in [2.45, 2.75) is 45.2 Å². The molecule has 0 saturated heterocycles. The van der Waals surface area contributed by atoms with Gasteiger partial charge in [-0.1, -0.05) is 6.07 Å². The van der Waals surface area contributed by atoms with Crippen molar-refractivity contribution in [3.05, 3.63) is 40.7 Å². The Labute approximate surface area is 144 Å². The van der Waals surface area contributed by atoms with E-state index in [2.05, 4.69) is 18.3 Å². The maximum Gasteiger partial charge on any atom is 0.127 e. The highest BCUT2D eigenvalue weighted by Crippen LogP contribution is 2.30. The minimum absolute atomic E-state index is 0.181. The number of fused-ring (bicyclic) bond motifs is 1. The Morgan fingerprint density at radius 2 is 2.00 bits per heavy atom. The third-order valence-electron chi connectivity index (χ3n) is 4.93. The number of ether oxygens (including phenoxy) is 2. The molecule has 0 radical (unpaired) electrons. The van der Waals surface area contributed by atoms with Crippen molar-refractivity contribution < 1.29 is 9.47 Å². The van der Waals surface area contributed by atoms with Crippen molar-refractivity contribution in [3.8, 4) is 11.5 Å². The first kappa shape index (κ1) is 16.8. The summed E-state index contributed by atoms with van der Waals surface area (Å²) in [5, 5.41) is 8.32. The SMILES string of the molecule is COc1ccc(C(C)NCc2c3c(nn2C)CCCC3)c(OC)c1. The fourth-order valence-electron chi connectivity index (χ4n) is 3.50. The molecule has 24 heavy (non-hydrogen) atoms. The lowest BCUT2D eigenvalue weighted by molar-refractivity contribution is 0.385. The van der Waals surface area contributed by atoms with Crippen molar-refractivity contribution in [1.82, 2.24) is 15.1 Å². The minimum Gasteiger partial charge on any atom is -0.497 e. The molecular formula is C19H27N3O2. The van der Waals surface area contributed by atoms with E-state index in [0.29, 0.717) is 0 Å². The van der Waals surface area contributed by atoms with Crippen LogP contribution < -0.4 is 14.8 Å². The molecule has 1 heterocycles. The summed E-state index contributed by atoms with van der Waals surface area (Å²) in [4.78, 5) is 0. The maximum absolute atomic E-state index is 5.52. The molecule has 3 rings (SSSR count). The summed E-state index contributed by atoms with van der Waals surface area (Å²) in [7, 11) is 5.41. The summed E-state index contributed by atoms with van der Waals surface area (Å²) in [6, 6.07) is 6.15. The van der Waals surface area contributed by atoms with Crippen LogP contribution in [-0.2, 0) is 26.4 Å². The van der Waals surface area contributed by atoms with Gasteiger partial charge in [0.25, 0.3) is 0 Å². The van der Waals surface area contributed by atoms with Crippen LogP contribution >= 0.6 is 0 Å². The molecule has 1 atom stereocenters. The normalized spacial score (nSPS) is 15.0. The summed E-state index contributed by atoms with van der Waals surface area (Å²) >= 11 is 0. The number of hydrogen-bond acceptors (Lipinski definition) is 4. The van der Waals surface area contributed by atoms with Crippen molar-refractivity contribution >= 4 is 0 Å². The first-order valence-corrected chi connectivity index (χ1v) is 8.63. The van der Waals surface area contributed by atoms with Crippen molar-refractivity contribution in [2.75, 3.05) is 14.2 Å². The molecule has 5 nitrogen and oxygen atoms in total. The van der Waals surface area contributed by atoms with E-state index in [-0.39, 0.29) is 6.04 Å². The molecular weight excluding hydrogens is 302 g/mol. The Hall–Kier alpha value is -2.01. The molecule has 0 amide bonds. The molecule has 1 aliphatic carbocycles. The van der Waals surface area contributed by atoms with Gasteiger partial charge in [0.05, 0.1) is 25.6 Å². The minimum atomic E-state index is 0.181. The fourth-order valence-corrected chi connectivity index (χ4v) is 3.50. The number of nitrogens with one attached hydrogen (secondary N) is 1. The topological polar surface area (TPSA) is 48.3 Å². The molecule has 0 bridgehead atoms. The van der Waals surface area contributed by atoms with E-state index in [9.17, 15) is 0 Å². The van der Waals surface area contributed by atoms with Crippen LogP contribution in [0.1, 0.15) is 48.3 Å². The highest BCUT2D eigenvalue weighted by molar-refractivity contribution is 5.42. The summed E-state index contributed by atoms with van der Waals surface area (Å²) in [6.45, 7) is 2.97. The Morgan fingerprint density at radius 3 is 2.75 bits per heavy atom. The third-order valence-corrected chi connectivity index (χ3v) is 4.93. The molecule has 5 heteroatoms. The van der Waals surface area contributed by atoms with Gasteiger partial charge in [0, 0.05) is 31.3 Å². The number of aryl methyl sites for hydroxylation is 2. The molecule has 1 aromatic carbocycles. The number of rotatable bonds is 6. The van der Waals surface area contributed by atoms with Gasteiger partial charge < -0.3 is 14.8 Å². The van der Waals surface area contributed by atoms with Crippen molar-refractivity contribution in [3.63, 3.8) is 0 Å². The predicted molar refractivity (Wildman–Crippen MR) is 94.7 cm³/mol. The van der Waals surface area contributed by atoms with Gasteiger partial charge in [0.1, 0.15) is 11.5 Å². The molecule has 1 aromatic heterocycles. The van der Waals surface area contributed by atoms with Crippen molar-refractivity contribution in [1.29, 1.82) is 0 Å². The van der Waals surface area contributed by atoms with E-state index in [0.717, 1.165) is 36.4 Å². The Balaban J connectivity index is 1.74. The average Bonchev–Trinajstić information content (AvgIpc) is 2.94. The Kier molecular flexibility index (Phi) is 5.09. The van der Waals surface area contributed by atoms with Crippen LogP contribution in [0.3, 0.4) is 0 Å². The number of methoxy groups -OCH3 is 2. The van der Waals surface area contributed by atoms with Gasteiger partial charge in [-0.25, -0.2) is 0 Å². The van der Waals surface area contributed by atoms with Crippen LogP contribution in [0.25, 0.3) is 0 Å². The molecule has 1 aliphatic rings. The predicted octanol–water partition coefficient (Wildman–Crippen LogP) is 3.17. The second-order valence-electron chi connectivity index (χ2n) is 6.41. The second-order valence-corrected chi connectivity index (χ2v) is 6.41. The van der Waals surface area contributed by atoms with Gasteiger partial charge in [-0.05, 0) is 44.2 Å². The quantitative estimate of drug-likeness (QED) is 0.884. The lowest BCUT2D eigenvalue weighted by Crippen LogP contribution is -2.21. The summed E-state index contributed by atoms with van der Waals surface area (Å²) in [6.07, 6.45) is 4.80. The lowest BCUT2D eigenvalue weighted by Gasteiger charge is -2.19. The molecule has 2 aromatic rings. The average molecular weight is 329 g/mol. The number of nitrogens with zero attached hydrogens (tertiary/aromatic N) is 2. The first-order valence-electron chi connectivity index (χ1n) is 8.63. The van der Waals surface area contributed by atoms with E-state index in [1.165, 1.54) is 29.8 Å². The van der Waals surface area contributed by atoms with Crippen molar-refractivity contribution in [2.24, 2.45) is 7.05 Å². The third kappa shape index (κ3) is 3.26. The van der Waals surface area contributed by atoms with Crippen LogP contribution in [0.15, 0.2) is 18.2 Å². The first-order chi connectivity index (χ1) is 11.6. The van der Waals surface area contributed by atoms with Crippen LogP contribution in [0, 0.1) is 0 Å². The Bertz CT molecular complexity index is 709. The number of benzene rings is 1. The van der Waals surface area contributed by atoms with Gasteiger partial charge >= 0.3 is 0 Å². The lowest BCUT2D eigenvalue weighted by atomic mass is 9.95. The smallest absolute Gasteiger partial charge is 0.127 e. The van der Waals surface area contributed by atoms with Gasteiger partial charge in [-0.15, -0.1) is 0 Å². The summed E-state index contributed by atoms with van der Waals surface area (Å²) in [5.41, 5.74) is 5.18. The monoisotopic (exact) mass is 329 g/mol. The summed E-state index contributed by atoms with van der Waals surface area (Å²) in [5.74, 6) is 1.66. The van der Waals surface area contributed by atoms with Crippen LogP contribution in [0.4, 0.5) is 0 Å². The zero-order chi connectivity index (χ0) is 17.1. The zero-order valence-corrected chi connectivity index (χ0v) is 15.1. The number of aromatic nitrogens is 2. The van der Waals surface area contributed by atoms with E-state index >= 15 is 0 Å².